The molecule has 0 radical (unpaired) electrons. The molecule has 0 unspecified atom stereocenters. The van der Waals surface area contributed by atoms with Crippen LogP contribution in [0.4, 0.5) is 0 Å². The molecule has 4 rings (SSSR count). The number of fused-ring (bicyclic) bond motifs is 2. The predicted octanol–water partition coefficient (Wildman–Crippen LogP) is 4.87. The lowest BCUT2D eigenvalue weighted by atomic mass is 10.1. The molecule has 2 N–H and O–H groups in total. The third-order valence-electron chi connectivity index (χ3n) is 5.04. The van der Waals surface area contributed by atoms with Gasteiger partial charge >= 0.3 is 11.9 Å². The molecule has 182 valence electrons. The summed E-state index contributed by atoms with van der Waals surface area (Å²) < 4.78 is 20.1. The van der Waals surface area contributed by atoms with E-state index in [1.807, 2.05) is 12.1 Å². The van der Waals surface area contributed by atoms with Crippen molar-refractivity contribution in [2.75, 3.05) is 34.2 Å². The van der Waals surface area contributed by atoms with Gasteiger partial charge in [0.15, 0.2) is 6.79 Å². The maximum atomic E-state index is 11.3. The van der Waals surface area contributed by atoms with Gasteiger partial charge in [-0.3, -0.25) is 0 Å². The lowest BCUT2D eigenvalue weighted by Gasteiger charge is -2.08. The molecule has 35 heavy (non-hydrogen) atoms. The second-order valence-electron chi connectivity index (χ2n) is 7.43. The van der Waals surface area contributed by atoms with Gasteiger partial charge in [-0.25, -0.2) is 9.59 Å². The highest BCUT2D eigenvalue weighted by molar-refractivity contribution is 5.96. The Kier molecular flexibility index (Phi) is 9.00. The Morgan fingerprint density at radius 3 is 2.03 bits per heavy atom. The number of benzene rings is 4. The van der Waals surface area contributed by atoms with Crippen LogP contribution in [-0.4, -0.2) is 56.4 Å². The fourth-order valence-corrected chi connectivity index (χ4v) is 3.24. The zero-order valence-corrected chi connectivity index (χ0v) is 19.4. The van der Waals surface area contributed by atoms with Gasteiger partial charge in [0.25, 0.3) is 0 Å². The molecule has 0 aliphatic heterocycles. The number of hydrogen-bond acceptors (Lipinski definition) is 7. The van der Waals surface area contributed by atoms with E-state index in [9.17, 15) is 14.7 Å². The molecule has 0 spiro atoms. The van der Waals surface area contributed by atoms with Crippen molar-refractivity contribution < 1.29 is 38.7 Å². The van der Waals surface area contributed by atoms with Crippen LogP contribution in [0.25, 0.3) is 21.5 Å². The van der Waals surface area contributed by atoms with Crippen LogP contribution in [0.3, 0.4) is 0 Å². The number of hydrogen-bond donors (Lipinski definition) is 2. The van der Waals surface area contributed by atoms with E-state index in [-0.39, 0.29) is 24.1 Å². The summed E-state index contributed by atoms with van der Waals surface area (Å²) >= 11 is 0. The number of esters is 1. The predicted molar refractivity (Wildman–Crippen MR) is 131 cm³/mol. The van der Waals surface area contributed by atoms with Crippen molar-refractivity contribution in [1.29, 1.82) is 0 Å². The Balaban J connectivity index is 0.000000203. The highest BCUT2D eigenvalue weighted by Gasteiger charge is 2.06. The van der Waals surface area contributed by atoms with Gasteiger partial charge in [-0.1, -0.05) is 24.3 Å². The number of phenols is 1. The monoisotopic (exact) mass is 478 g/mol. The number of carbonyl (C=O) groups is 2. The van der Waals surface area contributed by atoms with E-state index in [0.717, 1.165) is 21.5 Å². The number of carboxylic acids is 1. The van der Waals surface area contributed by atoms with Crippen molar-refractivity contribution in [3.8, 4) is 11.5 Å². The topological polar surface area (TPSA) is 112 Å². The fourth-order valence-electron chi connectivity index (χ4n) is 3.24. The summed E-state index contributed by atoms with van der Waals surface area (Å²) in [6, 6.07) is 20.6. The Morgan fingerprint density at radius 1 is 0.743 bits per heavy atom. The average Bonchev–Trinajstić information content (AvgIpc) is 2.87. The summed E-state index contributed by atoms with van der Waals surface area (Å²) in [5, 5.41) is 21.8. The van der Waals surface area contributed by atoms with Crippen LogP contribution in [0.1, 0.15) is 20.7 Å². The van der Waals surface area contributed by atoms with E-state index in [1.165, 1.54) is 7.11 Å². The van der Waals surface area contributed by atoms with Crippen molar-refractivity contribution in [2.24, 2.45) is 0 Å². The average molecular weight is 478 g/mol. The van der Waals surface area contributed by atoms with Gasteiger partial charge in [-0.15, -0.1) is 0 Å². The van der Waals surface area contributed by atoms with Crippen LogP contribution < -0.4 is 4.74 Å². The van der Waals surface area contributed by atoms with E-state index in [4.69, 9.17) is 19.3 Å². The highest BCUT2D eigenvalue weighted by Crippen LogP contribution is 2.23. The quantitative estimate of drug-likeness (QED) is 0.210. The molecular formula is C27H26O8. The number of carbonyl (C=O) groups excluding carboxylic acids is 1. The maximum Gasteiger partial charge on any atom is 0.337 e. The minimum absolute atomic E-state index is 0.155. The van der Waals surface area contributed by atoms with Crippen LogP contribution >= 0.6 is 0 Å². The van der Waals surface area contributed by atoms with Gasteiger partial charge in [-0.05, 0) is 70.1 Å². The number of rotatable bonds is 8. The second kappa shape index (κ2) is 12.4. The zero-order chi connectivity index (χ0) is 25.2. The van der Waals surface area contributed by atoms with Crippen LogP contribution in [0.15, 0.2) is 72.8 Å². The number of carboxylic acid groups (broad SMARTS) is 1. The molecule has 0 aromatic heterocycles. The number of methoxy groups -OCH3 is 2. The van der Waals surface area contributed by atoms with Gasteiger partial charge in [0.05, 0.1) is 31.5 Å². The van der Waals surface area contributed by atoms with Gasteiger partial charge < -0.3 is 29.2 Å². The first-order valence-corrected chi connectivity index (χ1v) is 10.7. The summed E-state index contributed by atoms with van der Waals surface area (Å²) in [5.74, 6) is -0.393. The van der Waals surface area contributed by atoms with Crippen LogP contribution in [0.5, 0.6) is 11.5 Å². The SMILES string of the molecule is COC(=O)c1ccc2cc(O)ccc2c1.COCCOCOc1ccc2cc(C(=O)O)ccc2c1. The summed E-state index contributed by atoms with van der Waals surface area (Å²) in [6.45, 7) is 1.16. The maximum absolute atomic E-state index is 11.3. The Labute approximate surface area is 202 Å². The smallest absolute Gasteiger partial charge is 0.337 e. The molecule has 8 heteroatoms. The largest absolute Gasteiger partial charge is 0.508 e. The molecule has 0 amide bonds. The molecule has 0 fully saturated rings. The molecule has 8 nitrogen and oxygen atoms in total. The Bertz CT molecular complexity index is 1320. The molecule has 0 aliphatic carbocycles. The lowest BCUT2D eigenvalue weighted by molar-refractivity contribution is -0.00841. The molecule has 0 heterocycles. The van der Waals surface area contributed by atoms with E-state index >= 15 is 0 Å². The van der Waals surface area contributed by atoms with Gasteiger partial charge in [0.2, 0.25) is 0 Å². The number of phenolic OH excluding ortho intramolecular Hbond substituents is 1. The first-order valence-electron chi connectivity index (χ1n) is 10.7. The highest BCUT2D eigenvalue weighted by atomic mass is 16.7. The van der Waals surface area contributed by atoms with Crippen LogP contribution in [0, 0.1) is 0 Å². The van der Waals surface area contributed by atoms with Crippen molar-refractivity contribution in [3.63, 3.8) is 0 Å². The van der Waals surface area contributed by atoms with E-state index < -0.39 is 5.97 Å². The summed E-state index contributed by atoms with van der Waals surface area (Å²) in [7, 11) is 2.96. The Hall–Kier alpha value is -4.14. The summed E-state index contributed by atoms with van der Waals surface area (Å²) in [5.41, 5.74) is 0.782. The Morgan fingerprint density at radius 2 is 1.34 bits per heavy atom. The van der Waals surface area contributed by atoms with E-state index in [2.05, 4.69) is 4.74 Å². The van der Waals surface area contributed by atoms with Crippen molar-refractivity contribution in [1.82, 2.24) is 0 Å². The first kappa shape index (κ1) is 25.5. The zero-order valence-electron chi connectivity index (χ0n) is 19.4. The fraction of sp³-hybridized carbons (Fsp3) is 0.185. The molecule has 0 saturated carbocycles. The minimum atomic E-state index is -0.932. The normalized spacial score (nSPS) is 10.5. The van der Waals surface area contributed by atoms with Crippen LogP contribution in [-0.2, 0) is 14.2 Å². The number of aromatic carboxylic acids is 1. The number of ether oxygens (including phenoxy) is 4. The van der Waals surface area contributed by atoms with Crippen molar-refractivity contribution >= 4 is 33.5 Å². The van der Waals surface area contributed by atoms with Gasteiger partial charge in [0.1, 0.15) is 11.5 Å². The molecule has 4 aromatic rings. The molecule has 0 bridgehead atoms. The van der Waals surface area contributed by atoms with Crippen molar-refractivity contribution in [3.05, 3.63) is 83.9 Å². The van der Waals surface area contributed by atoms with Gasteiger partial charge in [-0.2, -0.15) is 0 Å². The van der Waals surface area contributed by atoms with E-state index in [1.54, 1.807) is 67.8 Å². The third-order valence-corrected chi connectivity index (χ3v) is 5.04. The molecule has 0 atom stereocenters. The standard InChI is InChI=1S/C15H16O5.C12H10O3/c1-18-6-7-19-10-20-14-5-4-11-8-13(15(16)17)3-2-12(11)9-14;1-15-12(14)10-3-2-9-7-11(13)5-4-8(9)6-10/h2-5,8-9H,6-7,10H2,1H3,(H,16,17);2-7,13H,1H3. The molecular weight excluding hydrogens is 452 g/mol. The van der Waals surface area contributed by atoms with Crippen LogP contribution in [0.2, 0.25) is 0 Å². The lowest BCUT2D eigenvalue weighted by Crippen LogP contribution is -2.07. The number of aromatic hydroxyl groups is 1. The first-order chi connectivity index (χ1) is 16.9. The van der Waals surface area contributed by atoms with E-state index in [0.29, 0.717) is 24.5 Å². The molecule has 4 aromatic carbocycles. The third kappa shape index (κ3) is 7.17. The second-order valence-corrected chi connectivity index (χ2v) is 7.43. The van der Waals surface area contributed by atoms with Gasteiger partial charge in [0, 0.05) is 7.11 Å². The molecule has 0 aliphatic rings. The minimum Gasteiger partial charge on any atom is -0.508 e. The summed E-state index contributed by atoms with van der Waals surface area (Å²) in [6.07, 6.45) is 0. The molecule has 0 saturated heterocycles. The summed E-state index contributed by atoms with van der Waals surface area (Å²) in [4.78, 5) is 22.1. The van der Waals surface area contributed by atoms with Crippen molar-refractivity contribution in [2.45, 2.75) is 0 Å².